The summed E-state index contributed by atoms with van der Waals surface area (Å²) < 4.78 is 2.01. The average Bonchev–Trinajstić information content (AvgIpc) is 2.64. The molecular formula is C12H21N5. The predicted octanol–water partition coefficient (Wildman–Crippen LogP) is 0.873. The predicted molar refractivity (Wildman–Crippen MR) is 67.0 cm³/mol. The fourth-order valence-electron chi connectivity index (χ4n) is 1.64. The summed E-state index contributed by atoms with van der Waals surface area (Å²) in [6.45, 7) is 3.50. The van der Waals surface area contributed by atoms with E-state index in [0.717, 1.165) is 25.3 Å². The van der Waals surface area contributed by atoms with E-state index in [4.69, 9.17) is 11.0 Å². The number of rotatable bonds is 6. The van der Waals surface area contributed by atoms with Crippen LogP contribution < -0.4 is 5.73 Å². The molecule has 0 fully saturated rings. The fourth-order valence-corrected chi connectivity index (χ4v) is 1.64. The molecule has 1 aromatic rings. The second-order valence-corrected chi connectivity index (χ2v) is 4.82. The molecule has 0 saturated heterocycles. The number of nitriles is 1. The lowest BCUT2D eigenvalue weighted by molar-refractivity contribution is 0.299. The van der Waals surface area contributed by atoms with Gasteiger partial charge in [-0.2, -0.15) is 5.26 Å². The second-order valence-electron chi connectivity index (χ2n) is 4.82. The van der Waals surface area contributed by atoms with Crippen LogP contribution in [0.5, 0.6) is 0 Å². The topological polar surface area (TPSA) is 70.9 Å². The number of aryl methyl sites for hydroxylation is 1. The van der Waals surface area contributed by atoms with Gasteiger partial charge in [0.15, 0.2) is 0 Å². The molecule has 1 unspecified atom stereocenters. The average molecular weight is 235 g/mol. The Morgan fingerprint density at radius 2 is 2.35 bits per heavy atom. The monoisotopic (exact) mass is 235 g/mol. The van der Waals surface area contributed by atoms with Crippen LogP contribution >= 0.6 is 0 Å². The third kappa shape index (κ3) is 4.55. The Hall–Kier alpha value is -1.38. The van der Waals surface area contributed by atoms with Crippen LogP contribution in [0.3, 0.4) is 0 Å². The van der Waals surface area contributed by atoms with Gasteiger partial charge < -0.3 is 10.3 Å². The van der Waals surface area contributed by atoms with E-state index in [0.29, 0.717) is 6.42 Å². The van der Waals surface area contributed by atoms with Crippen molar-refractivity contribution >= 4 is 0 Å². The third-order valence-electron chi connectivity index (χ3n) is 2.82. The van der Waals surface area contributed by atoms with Crippen molar-refractivity contribution in [2.24, 2.45) is 12.8 Å². The van der Waals surface area contributed by atoms with Gasteiger partial charge in [-0.1, -0.05) is 0 Å². The van der Waals surface area contributed by atoms with E-state index in [1.54, 1.807) is 13.1 Å². The lowest BCUT2D eigenvalue weighted by Crippen LogP contribution is -2.35. The molecule has 5 heteroatoms. The Labute approximate surface area is 103 Å². The minimum Gasteiger partial charge on any atom is -0.337 e. The first-order chi connectivity index (χ1) is 7.94. The van der Waals surface area contributed by atoms with E-state index in [9.17, 15) is 0 Å². The van der Waals surface area contributed by atoms with Gasteiger partial charge in [0.25, 0.3) is 0 Å². The molecule has 17 heavy (non-hydrogen) atoms. The first-order valence-corrected chi connectivity index (χ1v) is 5.79. The van der Waals surface area contributed by atoms with E-state index in [2.05, 4.69) is 23.0 Å². The summed E-state index contributed by atoms with van der Waals surface area (Å²) in [6, 6.07) is 2.11. The van der Waals surface area contributed by atoms with Crippen molar-refractivity contribution < 1.29 is 0 Å². The first kappa shape index (κ1) is 13.7. The van der Waals surface area contributed by atoms with E-state index >= 15 is 0 Å². The molecule has 0 spiro atoms. The molecule has 0 amide bonds. The van der Waals surface area contributed by atoms with Gasteiger partial charge in [0.1, 0.15) is 11.4 Å². The molecular weight excluding hydrogens is 214 g/mol. The van der Waals surface area contributed by atoms with E-state index < -0.39 is 5.54 Å². The normalized spacial score (nSPS) is 14.6. The minimum absolute atomic E-state index is 0.704. The molecule has 2 N–H and O–H groups in total. The van der Waals surface area contributed by atoms with Gasteiger partial charge in [-0.3, -0.25) is 4.90 Å². The summed E-state index contributed by atoms with van der Waals surface area (Å²) in [4.78, 5) is 6.46. The molecule has 0 aliphatic rings. The van der Waals surface area contributed by atoms with Gasteiger partial charge in [-0.05, 0) is 33.4 Å². The molecule has 0 aliphatic heterocycles. The number of imidazole rings is 1. The molecule has 0 saturated carbocycles. The van der Waals surface area contributed by atoms with Crippen LogP contribution in [-0.2, 0) is 13.6 Å². The quantitative estimate of drug-likeness (QED) is 0.794. The zero-order valence-electron chi connectivity index (χ0n) is 10.8. The van der Waals surface area contributed by atoms with Crippen molar-refractivity contribution in [2.45, 2.75) is 31.8 Å². The van der Waals surface area contributed by atoms with Crippen LogP contribution in [0.4, 0.5) is 0 Å². The summed E-state index contributed by atoms with van der Waals surface area (Å²) in [5.74, 6) is 1.04. The van der Waals surface area contributed by atoms with Crippen LogP contribution in [0.15, 0.2) is 12.4 Å². The highest BCUT2D eigenvalue weighted by atomic mass is 15.1. The van der Waals surface area contributed by atoms with Crippen LogP contribution in [0.2, 0.25) is 0 Å². The lowest BCUT2D eigenvalue weighted by atomic mass is 9.99. The number of hydrogen-bond donors (Lipinski definition) is 1. The number of hydrogen-bond acceptors (Lipinski definition) is 4. The smallest absolute Gasteiger partial charge is 0.122 e. The van der Waals surface area contributed by atoms with Crippen LogP contribution in [-0.4, -0.2) is 33.6 Å². The van der Waals surface area contributed by atoms with Gasteiger partial charge in [0.2, 0.25) is 0 Å². The largest absolute Gasteiger partial charge is 0.337 e. The summed E-state index contributed by atoms with van der Waals surface area (Å²) >= 11 is 0. The van der Waals surface area contributed by atoms with Gasteiger partial charge in [-0.25, -0.2) is 4.98 Å². The van der Waals surface area contributed by atoms with Crippen molar-refractivity contribution in [1.82, 2.24) is 14.5 Å². The lowest BCUT2D eigenvalue weighted by Gasteiger charge is -2.19. The minimum atomic E-state index is -0.704. The number of nitrogens with two attached hydrogens (primary N) is 1. The van der Waals surface area contributed by atoms with Crippen molar-refractivity contribution in [3.63, 3.8) is 0 Å². The Balaban J connectivity index is 2.30. The molecule has 1 aromatic heterocycles. The molecule has 0 aliphatic carbocycles. The summed E-state index contributed by atoms with van der Waals surface area (Å²) in [7, 11) is 4.04. The van der Waals surface area contributed by atoms with Crippen LogP contribution in [0.25, 0.3) is 0 Å². The summed E-state index contributed by atoms with van der Waals surface area (Å²) in [5, 5.41) is 8.80. The zero-order valence-corrected chi connectivity index (χ0v) is 10.8. The van der Waals surface area contributed by atoms with Gasteiger partial charge >= 0.3 is 0 Å². The molecule has 94 valence electrons. The maximum absolute atomic E-state index is 8.80. The fraction of sp³-hybridized carbons (Fsp3) is 0.667. The van der Waals surface area contributed by atoms with Crippen molar-refractivity contribution in [3.8, 4) is 6.07 Å². The Morgan fingerprint density at radius 1 is 1.65 bits per heavy atom. The maximum Gasteiger partial charge on any atom is 0.122 e. The highest BCUT2D eigenvalue weighted by Gasteiger charge is 2.16. The van der Waals surface area contributed by atoms with E-state index in [1.165, 1.54) is 0 Å². The van der Waals surface area contributed by atoms with Gasteiger partial charge in [0, 0.05) is 19.4 Å². The highest BCUT2D eigenvalue weighted by Crippen LogP contribution is 2.08. The number of aromatic nitrogens is 2. The Bertz CT molecular complexity index is 388. The molecule has 1 heterocycles. The summed E-state index contributed by atoms with van der Waals surface area (Å²) in [6.07, 6.45) is 5.38. The molecule has 1 atom stereocenters. The standard InChI is InChI=1S/C12H21N5/c1-12(14,10-13)5-4-7-16(2)9-11-15-6-8-17(11)3/h6,8H,4-5,7,9,14H2,1-3H3. The van der Waals surface area contributed by atoms with E-state index in [1.807, 2.05) is 17.8 Å². The van der Waals surface area contributed by atoms with E-state index in [-0.39, 0.29) is 0 Å². The van der Waals surface area contributed by atoms with Crippen molar-refractivity contribution in [1.29, 1.82) is 5.26 Å². The second kappa shape index (κ2) is 5.80. The van der Waals surface area contributed by atoms with Crippen molar-refractivity contribution in [3.05, 3.63) is 18.2 Å². The van der Waals surface area contributed by atoms with Gasteiger partial charge in [-0.15, -0.1) is 0 Å². The number of nitrogens with zero attached hydrogens (tertiary/aromatic N) is 4. The SMILES string of the molecule is CN(CCCC(C)(N)C#N)Cc1nccn1C. The molecule has 1 rings (SSSR count). The molecule has 0 bridgehead atoms. The maximum atomic E-state index is 8.80. The first-order valence-electron chi connectivity index (χ1n) is 5.79. The Morgan fingerprint density at radius 3 is 2.88 bits per heavy atom. The molecule has 5 nitrogen and oxygen atoms in total. The van der Waals surface area contributed by atoms with Crippen molar-refractivity contribution in [2.75, 3.05) is 13.6 Å². The molecule has 0 radical (unpaired) electrons. The van der Waals surface area contributed by atoms with Crippen LogP contribution in [0, 0.1) is 11.3 Å². The highest BCUT2D eigenvalue weighted by molar-refractivity contribution is 5.00. The Kier molecular flexibility index (Phi) is 4.67. The summed E-state index contributed by atoms with van der Waals surface area (Å²) in [5.41, 5.74) is 5.06. The third-order valence-corrected chi connectivity index (χ3v) is 2.82. The zero-order chi connectivity index (χ0) is 12.9. The van der Waals surface area contributed by atoms with Crippen LogP contribution in [0.1, 0.15) is 25.6 Å². The molecule has 0 aromatic carbocycles. The van der Waals surface area contributed by atoms with Gasteiger partial charge in [0.05, 0.1) is 12.6 Å².